The van der Waals surface area contributed by atoms with Gasteiger partial charge in [0.25, 0.3) is 0 Å². The standard InChI is InChI=1S/C13H21NO3S/c15-13(14-12-3-4-18(16,17)8-12)7-11-6-9-1-2-10(11)5-9/h9-12H,1-8H2,(H,14,15)/t9-,10-,11+,12-/m0/s1. The molecule has 3 fully saturated rings. The van der Waals surface area contributed by atoms with Crippen molar-refractivity contribution in [3.05, 3.63) is 0 Å². The molecule has 0 spiro atoms. The molecule has 2 bridgehead atoms. The van der Waals surface area contributed by atoms with Crippen molar-refractivity contribution >= 4 is 15.7 Å². The highest BCUT2D eigenvalue weighted by Gasteiger charge is 2.40. The summed E-state index contributed by atoms with van der Waals surface area (Å²) in [6, 6.07) is -0.138. The Hall–Kier alpha value is -0.580. The second kappa shape index (κ2) is 4.51. The fourth-order valence-corrected chi connectivity index (χ4v) is 5.73. The van der Waals surface area contributed by atoms with Gasteiger partial charge >= 0.3 is 0 Å². The minimum absolute atomic E-state index is 0.0645. The summed E-state index contributed by atoms with van der Waals surface area (Å²) >= 11 is 0. The topological polar surface area (TPSA) is 63.2 Å². The van der Waals surface area contributed by atoms with Crippen molar-refractivity contribution in [2.75, 3.05) is 11.5 Å². The molecule has 0 aromatic heterocycles. The van der Waals surface area contributed by atoms with Gasteiger partial charge in [0.05, 0.1) is 11.5 Å². The highest BCUT2D eigenvalue weighted by molar-refractivity contribution is 7.91. The summed E-state index contributed by atoms with van der Waals surface area (Å²) in [6.07, 6.45) is 6.36. The van der Waals surface area contributed by atoms with Crippen LogP contribution in [0.15, 0.2) is 0 Å². The first kappa shape index (κ1) is 12.5. The SMILES string of the molecule is O=C(C[C@H]1C[C@H]2CC[C@H]1C2)N[C@H]1CCS(=O)(=O)C1. The van der Waals surface area contributed by atoms with Crippen LogP contribution in [0.3, 0.4) is 0 Å². The molecule has 0 aromatic carbocycles. The van der Waals surface area contributed by atoms with Crippen LogP contribution in [0.1, 0.15) is 38.5 Å². The average Bonchev–Trinajstić information content (AvgIpc) is 2.93. The fourth-order valence-electron chi connectivity index (χ4n) is 4.06. The highest BCUT2D eigenvalue weighted by Crippen LogP contribution is 2.49. The van der Waals surface area contributed by atoms with Crippen LogP contribution in [0.4, 0.5) is 0 Å². The van der Waals surface area contributed by atoms with Crippen LogP contribution in [0.5, 0.6) is 0 Å². The van der Waals surface area contributed by atoms with Gasteiger partial charge in [-0.15, -0.1) is 0 Å². The number of amides is 1. The molecule has 3 rings (SSSR count). The van der Waals surface area contributed by atoms with E-state index in [-0.39, 0.29) is 23.5 Å². The Morgan fingerprint density at radius 1 is 1.17 bits per heavy atom. The molecular formula is C13H21NO3S. The van der Waals surface area contributed by atoms with E-state index in [1.165, 1.54) is 25.7 Å². The number of carbonyl (C=O) groups is 1. The molecule has 2 saturated carbocycles. The maximum atomic E-state index is 11.9. The van der Waals surface area contributed by atoms with Crippen LogP contribution in [-0.2, 0) is 14.6 Å². The van der Waals surface area contributed by atoms with E-state index >= 15 is 0 Å². The van der Waals surface area contributed by atoms with E-state index in [2.05, 4.69) is 5.32 Å². The van der Waals surface area contributed by atoms with E-state index < -0.39 is 9.84 Å². The fraction of sp³-hybridized carbons (Fsp3) is 0.923. The normalized spacial score (nSPS) is 41.1. The number of nitrogens with one attached hydrogen (secondary N) is 1. The predicted molar refractivity (Wildman–Crippen MR) is 68.8 cm³/mol. The number of fused-ring (bicyclic) bond motifs is 2. The summed E-state index contributed by atoms with van der Waals surface area (Å²) in [7, 11) is -2.89. The molecule has 1 amide bonds. The average molecular weight is 271 g/mol. The Morgan fingerprint density at radius 3 is 2.56 bits per heavy atom. The van der Waals surface area contributed by atoms with Gasteiger partial charge in [0.2, 0.25) is 5.91 Å². The van der Waals surface area contributed by atoms with Gasteiger partial charge in [0, 0.05) is 12.5 Å². The smallest absolute Gasteiger partial charge is 0.220 e. The Balaban J connectivity index is 1.48. The summed E-state index contributed by atoms with van der Waals surface area (Å²) in [4.78, 5) is 11.9. The van der Waals surface area contributed by atoms with Crippen molar-refractivity contribution < 1.29 is 13.2 Å². The first-order chi connectivity index (χ1) is 8.52. The van der Waals surface area contributed by atoms with E-state index in [0.29, 0.717) is 18.8 Å². The monoisotopic (exact) mass is 271 g/mol. The third-order valence-electron chi connectivity index (χ3n) is 4.93. The van der Waals surface area contributed by atoms with E-state index in [4.69, 9.17) is 0 Å². The van der Waals surface area contributed by atoms with E-state index in [0.717, 1.165) is 11.8 Å². The number of carbonyl (C=O) groups excluding carboxylic acids is 1. The first-order valence-electron chi connectivity index (χ1n) is 7.01. The van der Waals surface area contributed by atoms with Crippen LogP contribution in [-0.4, -0.2) is 31.9 Å². The molecular weight excluding hydrogens is 250 g/mol. The third-order valence-corrected chi connectivity index (χ3v) is 6.70. The summed E-state index contributed by atoms with van der Waals surface area (Å²) < 4.78 is 22.6. The zero-order valence-electron chi connectivity index (χ0n) is 10.6. The minimum Gasteiger partial charge on any atom is -0.352 e. The van der Waals surface area contributed by atoms with Crippen molar-refractivity contribution in [2.24, 2.45) is 17.8 Å². The molecule has 0 unspecified atom stereocenters. The second-order valence-corrected chi connectivity index (χ2v) is 8.54. The van der Waals surface area contributed by atoms with Gasteiger partial charge in [-0.3, -0.25) is 4.79 Å². The van der Waals surface area contributed by atoms with Gasteiger partial charge < -0.3 is 5.32 Å². The zero-order valence-corrected chi connectivity index (χ0v) is 11.4. The lowest BCUT2D eigenvalue weighted by Crippen LogP contribution is -2.37. The molecule has 0 radical (unpaired) electrons. The molecule has 3 aliphatic rings. The van der Waals surface area contributed by atoms with Crippen molar-refractivity contribution in [3.63, 3.8) is 0 Å². The first-order valence-corrected chi connectivity index (χ1v) is 8.84. The van der Waals surface area contributed by atoms with E-state index in [1.54, 1.807) is 0 Å². The van der Waals surface area contributed by atoms with Gasteiger partial charge in [-0.05, 0) is 43.4 Å². The largest absolute Gasteiger partial charge is 0.352 e. The maximum Gasteiger partial charge on any atom is 0.220 e. The number of hydrogen-bond acceptors (Lipinski definition) is 3. The quantitative estimate of drug-likeness (QED) is 0.836. The van der Waals surface area contributed by atoms with Gasteiger partial charge in [0.1, 0.15) is 0 Å². The van der Waals surface area contributed by atoms with E-state index in [9.17, 15) is 13.2 Å². The number of rotatable bonds is 3. The molecule has 2 aliphatic carbocycles. The minimum atomic E-state index is -2.89. The number of sulfone groups is 1. The Labute approximate surface area is 108 Å². The van der Waals surface area contributed by atoms with Crippen molar-refractivity contribution in [2.45, 2.75) is 44.6 Å². The molecule has 4 nitrogen and oxygen atoms in total. The molecule has 4 atom stereocenters. The van der Waals surface area contributed by atoms with Crippen molar-refractivity contribution in [1.29, 1.82) is 0 Å². The van der Waals surface area contributed by atoms with Crippen molar-refractivity contribution in [3.8, 4) is 0 Å². The molecule has 1 heterocycles. The van der Waals surface area contributed by atoms with Gasteiger partial charge in [-0.25, -0.2) is 8.42 Å². The lowest BCUT2D eigenvalue weighted by atomic mass is 9.86. The Kier molecular flexibility index (Phi) is 3.12. The van der Waals surface area contributed by atoms with Crippen LogP contribution < -0.4 is 5.32 Å². The summed E-state index contributed by atoms with van der Waals surface area (Å²) in [5.41, 5.74) is 0. The molecule has 1 saturated heterocycles. The second-order valence-electron chi connectivity index (χ2n) is 6.31. The molecule has 102 valence electrons. The van der Waals surface area contributed by atoms with Gasteiger partial charge in [0.15, 0.2) is 9.84 Å². The molecule has 1 N–H and O–H groups in total. The van der Waals surface area contributed by atoms with Crippen LogP contribution in [0, 0.1) is 17.8 Å². The predicted octanol–water partition coefficient (Wildman–Crippen LogP) is 1.12. The molecule has 0 aromatic rings. The van der Waals surface area contributed by atoms with Crippen LogP contribution in [0.25, 0.3) is 0 Å². The zero-order chi connectivity index (χ0) is 12.8. The Morgan fingerprint density at radius 2 is 2.00 bits per heavy atom. The summed E-state index contributed by atoms with van der Waals surface area (Å²) in [5, 5.41) is 2.90. The molecule has 18 heavy (non-hydrogen) atoms. The van der Waals surface area contributed by atoms with Gasteiger partial charge in [-0.1, -0.05) is 6.42 Å². The van der Waals surface area contributed by atoms with E-state index in [1.807, 2.05) is 0 Å². The molecule has 5 heteroatoms. The third kappa shape index (κ3) is 2.56. The Bertz CT molecular complexity index is 445. The lowest BCUT2D eigenvalue weighted by Gasteiger charge is -2.21. The highest BCUT2D eigenvalue weighted by atomic mass is 32.2. The summed E-state index contributed by atoms with van der Waals surface area (Å²) in [5.74, 6) is 2.60. The van der Waals surface area contributed by atoms with Crippen LogP contribution >= 0.6 is 0 Å². The maximum absolute atomic E-state index is 11.9. The van der Waals surface area contributed by atoms with Gasteiger partial charge in [-0.2, -0.15) is 0 Å². The van der Waals surface area contributed by atoms with Crippen molar-refractivity contribution in [1.82, 2.24) is 5.32 Å². The summed E-state index contributed by atoms with van der Waals surface area (Å²) in [6.45, 7) is 0. The van der Waals surface area contributed by atoms with Crippen LogP contribution in [0.2, 0.25) is 0 Å². The molecule has 1 aliphatic heterocycles. The lowest BCUT2D eigenvalue weighted by molar-refractivity contribution is -0.122. The number of hydrogen-bond donors (Lipinski definition) is 1.